The molecular weight excluding hydrogens is 307 g/mol. The van der Waals surface area contributed by atoms with E-state index in [9.17, 15) is 0 Å². The van der Waals surface area contributed by atoms with Crippen molar-refractivity contribution in [2.24, 2.45) is 5.92 Å². The van der Waals surface area contributed by atoms with Crippen molar-refractivity contribution in [1.82, 2.24) is 0 Å². The fourth-order valence-electron chi connectivity index (χ4n) is 2.15. The number of hydrogen-bond acceptors (Lipinski definition) is 0. The first-order chi connectivity index (χ1) is 7.66. The molecule has 0 spiro atoms. The summed E-state index contributed by atoms with van der Waals surface area (Å²) < 4.78 is 0.867. The molecule has 2 unspecified atom stereocenters. The van der Waals surface area contributed by atoms with Crippen molar-refractivity contribution in [2.75, 3.05) is 0 Å². The highest BCUT2D eigenvalue weighted by molar-refractivity contribution is 14.1. The van der Waals surface area contributed by atoms with Crippen LogP contribution in [0, 0.1) is 5.92 Å². The third-order valence-electron chi connectivity index (χ3n) is 3.35. The van der Waals surface area contributed by atoms with E-state index in [4.69, 9.17) is 0 Å². The number of rotatable bonds is 11. The van der Waals surface area contributed by atoms with Crippen LogP contribution in [0.1, 0.15) is 85.0 Å². The Labute approximate surface area is 117 Å². The van der Waals surface area contributed by atoms with Crippen LogP contribution in [0.25, 0.3) is 0 Å². The molecule has 0 aromatic heterocycles. The van der Waals surface area contributed by atoms with Gasteiger partial charge in [-0.25, -0.2) is 0 Å². The molecule has 16 heavy (non-hydrogen) atoms. The number of alkyl halides is 1. The third-order valence-corrected chi connectivity index (χ3v) is 3.97. The van der Waals surface area contributed by atoms with Gasteiger partial charge in [-0.05, 0) is 12.3 Å². The molecule has 0 aromatic rings. The van der Waals surface area contributed by atoms with Crippen LogP contribution in [0.2, 0.25) is 0 Å². The normalized spacial score (nSPS) is 15.0. The molecule has 0 saturated carbocycles. The summed E-state index contributed by atoms with van der Waals surface area (Å²) in [6, 6.07) is 0. The van der Waals surface area contributed by atoms with Gasteiger partial charge in [-0.1, -0.05) is 101 Å². The van der Waals surface area contributed by atoms with Crippen LogP contribution in [-0.2, 0) is 0 Å². The molecule has 0 aliphatic rings. The highest BCUT2D eigenvalue weighted by atomic mass is 127. The van der Waals surface area contributed by atoms with Crippen molar-refractivity contribution in [3.63, 3.8) is 0 Å². The highest BCUT2D eigenvalue weighted by Crippen LogP contribution is 2.17. The van der Waals surface area contributed by atoms with Crippen LogP contribution in [0.3, 0.4) is 0 Å². The predicted molar refractivity (Wildman–Crippen MR) is 84.5 cm³/mol. The summed E-state index contributed by atoms with van der Waals surface area (Å²) in [6.07, 6.45) is 14.4. The first-order valence-corrected chi connectivity index (χ1v) is 8.55. The van der Waals surface area contributed by atoms with E-state index in [0.29, 0.717) is 0 Å². The van der Waals surface area contributed by atoms with E-state index in [1.54, 1.807) is 0 Å². The van der Waals surface area contributed by atoms with E-state index in [1.165, 1.54) is 64.2 Å². The van der Waals surface area contributed by atoms with Crippen LogP contribution in [0.5, 0.6) is 0 Å². The molecular formula is C15H31I. The molecule has 0 aromatic carbocycles. The maximum absolute atomic E-state index is 2.53. The fourth-order valence-corrected chi connectivity index (χ4v) is 2.59. The van der Waals surface area contributed by atoms with E-state index in [-0.39, 0.29) is 0 Å². The first-order valence-electron chi connectivity index (χ1n) is 7.30. The van der Waals surface area contributed by atoms with Crippen molar-refractivity contribution in [3.05, 3.63) is 0 Å². The van der Waals surface area contributed by atoms with Crippen LogP contribution in [-0.4, -0.2) is 3.92 Å². The van der Waals surface area contributed by atoms with Gasteiger partial charge in [0.1, 0.15) is 0 Å². The average molecular weight is 338 g/mol. The topological polar surface area (TPSA) is 0 Å². The molecule has 0 bridgehead atoms. The fraction of sp³-hybridized carbons (Fsp3) is 1.00. The van der Waals surface area contributed by atoms with Gasteiger partial charge in [0.25, 0.3) is 0 Å². The number of hydrogen-bond donors (Lipinski definition) is 0. The summed E-state index contributed by atoms with van der Waals surface area (Å²) in [6.45, 7) is 7.03. The summed E-state index contributed by atoms with van der Waals surface area (Å²) in [5, 5.41) is 0. The lowest BCUT2D eigenvalue weighted by atomic mass is 9.97. The summed E-state index contributed by atoms with van der Waals surface area (Å²) >= 11 is 2.53. The number of unbranched alkanes of at least 4 members (excludes halogenated alkanes) is 5. The summed E-state index contributed by atoms with van der Waals surface area (Å²) in [5.74, 6) is 0.967. The van der Waals surface area contributed by atoms with Gasteiger partial charge >= 0.3 is 0 Å². The Morgan fingerprint density at radius 3 is 1.81 bits per heavy atom. The molecule has 98 valence electrons. The summed E-state index contributed by atoms with van der Waals surface area (Å²) in [7, 11) is 0. The van der Waals surface area contributed by atoms with Crippen molar-refractivity contribution >= 4 is 22.6 Å². The van der Waals surface area contributed by atoms with Gasteiger partial charge in [-0.15, -0.1) is 0 Å². The Morgan fingerprint density at radius 2 is 1.25 bits per heavy atom. The van der Waals surface area contributed by atoms with Gasteiger partial charge in [0.2, 0.25) is 0 Å². The van der Waals surface area contributed by atoms with Crippen LogP contribution in [0.4, 0.5) is 0 Å². The van der Waals surface area contributed by atoms with Crippen LogP contribution >= 0.6 is 22.6 Å². The molecule has 0 saturated heterocycles. The van der Waals surface area contributed by atoms with Gasteiger partial charge in [0.05, 0.1) is 0 Å². The minimum absolute atomic E-state index is 0.867. The zero-order valence-electron chi connectivity index (χ0n) is 11.6. The van der Waals surface area contributed by atoms with E-state index >= 15 is 0 Å². The Balaban J connectivity index is 3.08. The maximum atomic E-state index is 2.53. The first kappa shape index (κ1) is 16.7. The van der Waals surface area contributed by atoms with E-state index < -0.39 is 0 Å². The van der Waals surface area contributed by atoms with Crippen LogP contribution < -0.4 is 0 Å². The predicted octanol–water partition coefficient (Wildman–Crippen LogP) is 6.37. The third kappa shape index (κ3) is 12.8. The molecule has 0 aliphatic carbocycles. The monoisotopic (exact) mass is 338 g/mol. The molecule has 0 fully saturated rings. The molecule has 0 nitrogen and oxygen atoms in total. The molecule has 1 heteroatoms. The number of halogens is 1. The second-order valence-corrected chi connectivity index (χ2v) is 7.50. The minimum atomic E-state index is 0.867. The van der Waals surface area contributed by atoms with Gasteiger partial charge in [-0.2, -0.15) is 0 Å². The van der Waals surface area contributed by atoms with Crippen molar-refractivity contribution < 1.29 is 0 Å². The second kappa shape index (κ2) is 12.2. The largest absolute Gasteiger partial charge is 0.0829 e. The Kier molecular flexibility index (Phi) is 12.8. The smallest absolute Gasteiger partial charge is 0.00813 e. The lowest BCUT2D eigenvalue weighted by Crippen LogP contribution is -1.94. The zero-order valence-corrected chi connectivity index (χ0v) is 13.8. The molecule has 0 N–H and O–H groups in total. The average Bonchev–Trinajstić information content (AvgIpc) is 2.24. The molecule has 0 amide bonds. The summed E-state index contributed by atoms with van der Waals surface area (Å²) in [4.78, 5) is 0. The lowest BCUT2D eigenvalue weighted by molar-refractivity contribution is 0.441. The maximum Gasteiger partial charge on any atom is 0.00813 e. The van der Waals surface area contributed by atoms with E-state index in [2.05, 4.69) is 43.4 Å². The minimum Gasteiger partial charge on any atom is -0.0829 e. The van der Waals surface area contributed by atoms with Crippen molar-refractivity contribution in [3.8, 4) is 0 Å². The quantitative estimate of drug-likeness (QED) is 0.233. The van der Waals surface area contributed by atoms with E-state index in [0.717, 1.165) is 9.84 Å². The van der Waals surface area contributed by atoms with Crippen molar-refractivity contribution in [2.45, 2.75) is 88.9 Å². The zero-order chi connectivity index (χ0) is 12.2. The van der Waals surface area contributed by atoms with Gasteiger partial charge in [0, 0.05) is 3.92 Å². The Morgan fingerprint density at radius 1 is 0.750 bits per heavy atom. The molecule has 0 heterocycles. The molecule has 2 atom stereocenters. The SMILES string of the molecule is CCCCC(C)CCCCCCCC(C)I. The standard InChI is InChI=1S/C15H31I/c1-4-5-11-14(2)12-9-7-6-8-10-13-15(3)16/h14-15H,4-13H2,1-3H3. The van der Waals surface area contributed by atoms with Crippen LogP contribution in [0.15, 0.2) is 0 Å². The highest BCUT2D eigenvalue weighted by Gasteiger charge is 2.01. The molecule has 0 rings (SSSR count). The molecule has 0 aliphatic heterocycles. The molecule has 0 radical (unpaired) electrons. The van der Waals surface area contributed by atoms with Gasteiger partial charge < -0.3 is 0 Å². The van der Waals surface area contributed by atoms with E-state index in [1.807, 2.05) is 0 Å². The van der Waals surface area contributed by atoms with Crippen molar-refractivity contribution in [1.29, 1.82) is 0 Å². The Bertz CT molecular complexity index is 131. The van der Waals surface area contributed by atoms with Gasteiger partial charge in [-0.3, -0.25) is 0 Å². The lowest BCUT2D eigenvalue weighted by Gasteiger charge is -2.10. The summed E-state index contributed by atoms with van der Waals surface area (Å²) in [5.41, 5.74) is 0. The van der Waals surface area contributed by atoms with Gasteiger partial charge in [0.15, 0.2) is 0 Å². The Hall–Kier alpha value is 0.730. The second-order valence-electron chi connectivity index (χ2n) is 5.37.